The number of hydrogen-bond donors (Lipinski definition) is 1. The van der Waals surface area contributed by atoms with E-state index < -0.39 is 32.5 Å². The van der Waals surface area contributed by atoms with E-state index >= 15 is 0 Å². The standard InChI is InChI=1S/C18H12F4N2O2S/c19-14-8-12(9-15(10-14)27(23,25)26)17-16(2-1-7-24-17)11-3-5-13(6-4-11)18(20,21)22/h1-10H,(H2,23,25,26). The summed E-state index contributed by atoms with van der Waals surface area (Å²) in [6.07, 6.45) is -3.06. The zero-order chi connectivity index (χ0) is 19.8. The smallest absolute Gasteiger partial charge is 0.256 e. The molecule has 0 aliphatic carbocycles. The van der Waals surface area contributed by atoms with Crippen LogP contribution in [0.25, 0.3) is 22.4 Å². The van der Waals surface area contributed by atoms with Gasteiger partial charge < -0.3 is 0 Å². The van der Waals surface area contributed by atoms with E-state index in [2.05, 4.69) is 4.98 Å². The molecule has 0 aliphatic rings. The Kier molecular flexibility index (Phi) is 4.75. The van der Waals surface area contributed by atoms with Crippen LogP contribution in [0, 0.1) is 5.82 Å². The fourth-order valence-electron chi connectivity index (χ4n) is 2.57. The first-order valence-corrected chi connectivity index (χ1v) is 9.07. The molecule has 0 atom stereocenters. The van der Waals surface area contributed by atoms with Crippen LogP contribution in [-0.4, -0.2) is 13.4 Å². The molecular formula is C18H12F4N2O2S. The van der Waals surface area contributed by atoms with Gasteiger partial charge in [0.25, 0.3) is 0 Å². The van der Waals surface area contributed by atoms with Gasteiger partial charge in [0.1, 0.15) is 5.82 Å². The maximum Gasteiger partial charge on any atom is 0.416 e. The van der Waals surface area contributed by atoms with Crippen LogP contribution in [0.5, 0.6) is 0 Å². The molecule has 2 aromatic carbocycles. The first kappa shape index (κ1) is 19.0. The SMILES string of the molecule is NS(=O)(=O)c1cc(F)cc(-c2ncccc2-c2ccc(C(F)(F)F)cc2)c1. The normalized spacial score (nSPS) is 12.2. The van der Waals surface area contributed by atoms with Gasteiger partial charge in [-0.25, -0.2) is 17.9 Å². The number of benzene rings is 2. The fraction of sp³-hybridized carbons (Fsp3) is 0.0556. The minimum atomic E-state index is -4.47. The molecule has 1 aromatic heterocycles. The number of pyridine rings is 1. The monoisotopic (exact) mass is 396 g/mol. The maximum absolute atomic E-state index is 13.9. The molecule has 3 rings (SSSR count). The molecule has 140 valence electrons. The Hall–Kier alpha value is -2.78. The predicted octanol–water partition coefficient (Wildman–Crippen LogP) is 4.22. The van der Waals surface area contributed by atoms with E-state index in [1.165, 1.54) is 18.3 Å². The van der Waals surface area contributed by atoms with Crippen LogP contribution in [0.1, 0.15) is 5.56 Å². The van der Waals surface area contributed by atoms with Gasteiger partial charge in [-0.3, -0.25) is 4.98 Å². The van der Waals surface area contributed by atoms with Gasteiger partial charge in [0.2, 0.25) is 10.0 Å². The van der Waals surface area contributed by atoms with Crippen LogP contribution in [0.4, 0.5) is 17.6 Å². The Morgan fingerprint density at radius 3 is 2.19 bits per heavy atom. The number of nitrogens with zero attached hydrogens (tertiary/aromatic N) is 1. The number of primary sulfonamides is 1. The van der Waals surface area contributed by atoms with E-state index in [0.717, 1.165) is 30.3 Å². The maximum atomic E-state index is 13.9. The lowest BCUT2D eigenvalue weighted by Crippen LogP contribution is -2.12. The summed E-state index contributed by atoms with van der Waals surface area (Å²) in [5.41, 5.74) is 0.361. The summed E-state index contributed by atoms with van der Waals surface area (Å²) in [4.78, 5) is 3.71. The summed E-state index contributed by atoms with van der Waals surface area (Å²) in [6.45, 7) is 0. The number of aromatic nitrogens is 1. The minimum Gasteiger partial charge on any atom is -0.256 e. The second-order valence-electron chi connectivity index (χ2n) is 5.70. The van der Waals surface area contributed by atoms with Gasteiger partial charge in [-0.05, 0) is 42.0 Å². The number of hydrogen-bond acceptors (Lipinski definition) is 3. The highest BCUT2D eigenvalue weighted by molar-refractivity contribution is 7.89. The van der Waals surface area contributed by atoms with Gasteiger partial charge in [-0.1, -0.05) is 18.2 Å². The summed E-state index contributed by atoms with van der Waals surface area (Å²) in [5, 5.41) is 5.06. The third kappa shape index (κ3) is 4.15. The van der Waals surface area contributed by atoms with Crippen LogP contribution in [0.2, 0.25) is 0 Å². The van der Waals surface area contributed by atoms with Crippen molar-refractivity contribution in [2.75, 3.05) is 0 Å². The summed E-state index contributed by atoms with van der Waals surface area (Å²) < 4.78 is 75.2. The van der Waals surface area contributed by atoms with Gasteiger partial charge in [0, 0.05) is 17.3 Å². The molecule has 4 nitrogen and oxygen atoms in total. The topological polar surface area (TPSA) is 73.1 Å². The van der Waals surface area contributed by atoms with Crippen LogP contribution in [-0.2, 0) is 16.2 Å². The molecular weight excluding hydrogens is 384 g/mol. The molecule has 3 aromatic rings. The number of rotatable bonds is 3. The highest BCUT2D eigenvalue weighted by atomic mass is 32.2. The van der Waals surface area contributed by atoms with Crippen molar-refractivity contribution >= 4 is 10.0 Å². The van der Waals surface area contributed by atoms with Crippen molar-refractivity contribution in [1.82, 2.24) is 4.98 Å². The lowest BCUT2D eigenvalue weighted by molar-refractivity contribution is -0.137. The van der Waals surface area contributed by atoms with E-state index in [0.29, 0.717) is 11.1 Å². The van der Waals surface area contributed by atoms with E-state index in [4.69, 9.17) is 5.14 Å². The Labute approximate surface area is 152 Å². The lowest BCUT2D eigenvalue weighted by atomic mass is 9.98. The Bertz CT molecular complexity index is 1100. The van der Waals surface area contributed by atoms with Gasteiger partial charge in [-0.15, -0.1) is 0 Å². The van der Waals surface area contributed by atoms with E-state index in [-0.39, 0.29) is 11.3 Å². The average molecular weight is 396 g/mol. The number of alkyl halides is 3. The van der Waals surface area contributed by atoms with Crippen molar-refractivity contribution in [3.05, 3.63) is 72.2 Å². The summed E-state index contributed by atoms with van der Waals surface area (Å²) in [6, 6.07) is 10.6. The average Bonchev–Trinajstić information content (AvgIpc) is 2.60. The summed E-state index contributed by atoms with van der Waals surface area (Å²) >= 11 is 0. The van der Waals surface area contributed by atoms with Gasteiger partial charge >= 0.3 is 6.18 Å². The third-order valence-electron chi connectivity index (χ3n) is 3.80. The lowest BCUT2D eigenvalue weighted by Gasteiger charge is -2.12. The van der Waals surface area contributed by atoms with Gasteiger partial charge in [0.15, 0.2) is 0 Å². The molecule has 9 heteroatoms. The highest BCUT2D eigenvalue weighted by Crippen LogP contribution is 2.34. The Morgan fingerprint density at radius 1 is 0.926 bits per heavy atom. The van der Waals surface area contributed by atoms with E-state index in [1.54, 1.807) is 12.1 Å². The molecule has 0 fully saturated rings. The quantitative estimate of drug-likeness (QED) is 0.674. The summed E-state index contributed by atoms with van der Waals surface area (Å²) in [5.74, 6) is -0.833. The van der Waals surface area contributed by atoms with E-state index in [9.17, 15) is 26.0 Å². The first-order valence-electron chi connectivity index (χ1n) is 7.52. The molecule has 0 unspecified atom stereocenters. The highest BCUT2D eigenvalue weighted by Gasteiger charge is 2.30. The van der Waals surface area contributed by atoms with Gasteiger partial charge in [-0.2, -0.15) is 13.2 Å². The molecule has 0 bridgehead atoms. The second kappa shape index (κ2) is 6.75. The van der Waals surface area contributed by atoms with Crippen LogP contribution in [0.15, 0.2) is 65.7 Å². The number of nitrogens with two attached hydrogens (primary N) is 1. The molecule has 0 amide bonds. The van der Waals surface area contributed by atoms with Crippen LogP contribution in [0.3, 0.4) is 0 Å². The predicted molar refractivity (Wildman–Crippen MR) is 91.4 cm³/mol. The molecule has 0 radical (unpaired) electrons. The second-order valence-corrected chi connectivity index (χ2v) is 7.26. The van der Waals surface area contributed by atoms with Crippen molar-refractivity contribution in [3.63, 3.8) is 0 Å². The first-order chi connectivity index (χ1) is 12.6. The zero-order valence-corrected chi connectivity index (χ0v) is 14.4. The molecule has 0 saturated heterocycles. The van der Waals surface area contributed by atoms with Crippen molar-refractivity contribution in [3.8, 4) is 22.4 Å². The largest absolute Gasteiger partial charge is 0.416 e. The third-order valence-corrected chi connectivity index (χ3v) is 4.70. The van der Waals surface area contributed by atoms with Crippen LogP contribution >= 0.6 is 0 Å². The van der Waals surface area contributed by atoms with Crippen molar-refractivity contribution < 1.29 is 26.0 Å². The van der Waals surface area contributed by atoms with Gasteiger partial charge in [0.05, 0.1) is 16.2 Å². The Morgan fingerprint density at radius 2 is 1.59 bits per heavy atom. The summed E-state index contributed by atoms with van der Waals surface area (Å²) in [7, 11) is -4.15. The van der Waals surface area contributed by atoms with Crippen molar-refractivity contribution in [2.45, 2.75) is 11.1 Å². The fourth-order valence-corrected chi connectivity index (χ4v) is 3.14. The number of sulfonamides is 1. The zero-order valence-electron chi connectivity index (χ0n) is 13.5. The van der Waals surface area contributed by atoms with Crippen LogP contribution < -0.4 is 5.14 Å². The Balaban J connectivity index is 2.14. The molecule has 1 heterocycles. The minimum absolute atomic E-state index is 0.134. The van der Waals surface area contributed by atoms with E-state index in [1.807, 2.05) is 0 Å². The molecule has 0 spiro atoms. The molecule has 2 N–H and O–H groups in total. The molecule has 0 aliphatic heterocycles. The van der Waals surface area contributed by atoms with Crippen molar-refractivity contribution in [2.24, 2.45) is 5.14 Å². The molecule has 0 saturated carbocycles. The van der Waals surface area contributed by atoms with Crippen molar-refractivity contribution in [1.29, 1.82) is 0 Å². The number of halogens is 4. The molecule has 27 heavy (non-hydrogen) atoms.